The topological polar surface area (TPSA) is 82.1 Å². The Morgan fingerprint density at radius 3 is 2.12 bits per heavy atom. The molecule has 6 heteroatoms. The first-order valence-electron chi connectivity index (χ1n) is 8.39. The van der Waals surface area contributed by atoms with Crippen LogP contribution in [0.25, 0.3) is 0 Å². The minimum atomic E-state index is -2.47. The highest BCUT2D eigenvalue weighted by atomic mass is 16.8. The number of para-hydroxylation sites is 1. The molecule has 26 heavy (non-hydrogen) atoms. The third kappa shape index (κ3) is 6.72. The Morgan fingerprint density at radius 1 is 1.08 bits per heavy atom. The minimum Gasteiger partial charge on any atom is -0.493 e. The van der Waals surface area contributed by atoms with E-state index in [4.69, 9.17) is 14.2 Å². The van der Waals surface area contributed by atoms with Gasteiger partial charge in [0.2, 0.25) is 0 Å². The zero-order chi connectivity index (χ0) is 19.7. The van der Waals surface area contributed by atoms with E-state index in [2.05, 4.69) is 20.1 Å². The summed E-state index contributed by atoms with van der Waals surface area (Å²) in [6.07, 6.45) is 1.53. The summed E-state index contributed by atoms with van der Waals surface area (Å²) in [6.45, 7) is 11.7. The van der Waals surface area contributed by atoms with Crippen molar-refractivity contribution < 1.29 is 28.9 Å². The molecule has 0 atom stereocenters. The Labute approximate surface area is 154 Å². The minimum absolute atomic E-state index is 0.0375. The second kappa shape index (κ2) is 9.77. The van der Waals surface area contributed by atoms with Crippen molar-refractivity contribution in [1.29, 1.82) is 0 Å². The van der Waals surface area contributed by atoms with Crippen LogP contribution in [0.1, 0.15) is 39.2 Å². The maximum absolute atomic E-state index is 11.7. The first kappa shape index (κ1) is 21.4. The van der Waals surface area contributed by atoms with Gasteiger partial charge in [0.1, 0.15) is 5.75 Å². The van der Waals surface area contributed by atoms with Crippen molar-refractivity contribution in [3.63, 3.8) is 0 Å². The highest BCUT2D eigenvalue weighted by molar-refractivity contribution is 5.88. The van der Waals surface area contributed by atoms with E-state index in [9.17, 15) is 14.7 Å². The maximum Gasteiger partial charge on any atom is 0.377 e. The summed E-state index contributed by atoms with van der Waals surface area (Å²) in [5, 5.41) is 10.5. The summed E-state index contributed by atoms with van der Waals surface area (Å²) in [4.78, 5) is 23.5. The molecule has 142 valence electrons. The molecule has 0 spiro atoms. The lowest BCUT2D eigenvalue weighted by Gasteiger charge is -2.27. The molecule has 0 aliphatic heterocycles. The van der Waals surface area contributed by atoms with E-state index in [1.54, 1.807) is 0 Å². The lowest BCUT2D eigenvalue weighted by molar-refractivity contribution is -0.325. The normalized spacial score (nSPS) is 10.8. The predicted octanol–water partition coefficient (Wildman–Crippen LogP) is 3.29. The number of hydrogen-bond acceptors (Lipinski definition) is 6. The number of carbonyl (C=O) groups excluding carboxylic acids is 2. The van der Waals surface area contributed by atoms with E-state index in [1.165, 1.54) is 13.8 Å². The first-order chi connectivity index (χ1) is 12.2. The molecule has 1 N–H and O–H groups in total. The highest BCUT2D eigenvalue weighted by Crippen LogP contribution is 2.23. The molecule has 0 aromatic heterocycles. The van der Waals surface area contributed by atoms with Gasteiger partial charge in [-0.15, -0.1) is 0 Å². The number of benzene rings is 1. The zero-order valence-corrected chi connectivity index (χ0v) is 15.5. The van der Waals surface area contributed by atoms with Crippen molar-refractivity contribution in [2.75, 3.05) is 6.61 Å². The van der Waals surface area contributed by atoms with Crippen LogP contribution in [0.4, 0.5) is 0 Å². The molecule has 0 heterocycles. The quantitative estimate of drug-likeness (QED) is 0.391. The van der Waals surface area contributed by atoms with E-state index in [0.29, 0.717) is 5.75 Å². The van der Waals surface area contributed by atoms with Gasteiger partial charge in [-0.05, 0) is 31.9 Å². The van der Waals surface area contributed by atoms with Gasteiger partial charge in [-0.1, -0.05) is 44.7 Å². The molecule has 1 rings (SSSR count). The number of ether oxygens (including phenoxy) is 3. The van der Waals surface area contributed by atoms with Crippen LogP contribution < -0.4 is 4.74 Å². The molecule has 6 nitrogen and oxygen atoms in total. The molecule has 0 amide bonds. The highest BCUT2D eigenvalue weighted by Gasteiger charge is 2.37. The lowest BCUT2D eigenvalue weighted by atomic mass is 10.1. The van der Waals surface area contributed by atoms with Crippen molar-refractivity contribution in [2.45, 2.75) is 46.0 Å². The molecule has 1 aromatic rings. The molecule has 1 aromatic carbocycles. The van der Waals surface area contributed by atoms with Crippen LogP contribution in [0.5, 0.6) is 5.75 Å². The van der Waals surface area contributed by atoms with Crippen molar-refractivity contribution in [1.82, 2.24) is 0 Å². The van der Waals surface area contributed by atoms with Crippen LogP contribution in [0.15, 0.2) is 48.6 Å². The van der Waals surface area contributed by atoms with Gasteiger partial charge in [-0.3, -0.25) is 0 Å². The molecule has 0 unspecified atom stereocenters. The molecule has 0 saturated carbocycles. The van der Waals surface area contributed by atoms with Crippen molar-refractivity contribution in [3.8, 4) is 5.75 Å². The number of carbonyl (C=O) groups is 2. The average molecular weight is 362 g/mol. The Balaban J connectivity index is 2.82. The third-order valence-corrected chi connectivity index (χ3v) is 3.37. The molecular formula is C20H26O6. The van der Waals surface area contributed by atoms with E-state index in [-0.39, 0.29) is 24.2 Å². The predicted molar refractivity (Wildman–Crippen MR) is 97.3 cm³/mol. The average Bonchev–Trinajstić information content (AvgIpc) is 2.56. The molecule has 0 aliphatic rings. The fourth-order valence-corrected chi connectivity index (χ4v) is 2.00. The Kier molecular flexibility index (Phi) is 8.06. The SMILES string of the molecule is C=C(C)C(=O)OC(O)(CCOc1ccccc1CCC)OC(=O)C(=C)C. The summed E-state index contributed by atoms with van der Waals surface area (Å²) < 4.78 is 15.5. The number of esters is 2. The molecule has 0 bridgehead atoms. The van der Waals surface area contributed by atoms with Crippen molar-refractivity contribution >= 4 is 11.9 Å². The Morgan fingerprint density at radius 2 is 1.62 bits per heavy atom. The lowest BCUT2D eigenvalue weighted by Crippen LogP contribution is -2.41. The van der Waals surface area contributed by atoms with E-state index < -0.39 is 17.9 Å². The van der Waals surface area contributed by atoms with Crippen LogP contribution in [-0.2, 0) is 25.5 Å². The summed E-state index contributed by atoms with van der Waals surface area (Å²) >= 11 is 0. The van der Waals surface area contributed by atoms with Crippen LogP contribution in [0, 0.1) is 0 Å². The number of aliphatic hydroxyl groups is 1. The van der Waals surface area contributed by atoms with Gasteiger partial charge < -0.3 is 19.3 Å². The molecule has 0 saturated heterocycles. The Bertz CT molecular complexity index is 649. The van der Waals surface area contributed by atoms with Crippen molar-refractivity contribution in [2.24, 2.45) is 0 Å². The van der Waals surface area contributed by atoms with Crippen molar-refractivity contribution in [3.05, 3.63) is 54.1 Å². The van der Waals surface area contributed by atoms with Gasteiger partial charge in [-0.25, -0.2) is 9.59 Å². The van der Waals surface area contributed by atoms with Crippen LogP contribution in [0.2, 0.25) is 0 Å². The summed E-state index contributed by atoms with van der Waals surface area (Å²) in [5.41, 5.74) is 1.14. The summed E-state index contributed by atoms with van der Waals surface area (Å²) in [5.74, 6) is -3.57. The monoisotopic (exact) mass is 362 g/mol. The zero-order valence-electron chi connectivity index (χ0n) is 15.5. The van der Waals surface area contributed by atoms with Gasteiger partial charge in [0, 0.05) is 11.1 Å². The second-order valence-corrected chi connectivity index (χ2v) is 6.01. The fourth-order valence-electron chi connectivity index (χ4n) is 2.00. The largest absolute Gasteiger partial charge is 0.493 e. The first-order valence-corrected chi connectivity index (χ1v) is 8.39. The van der Waals surface area contributed by atoms with E-state index >= 15 is 0 Å². The van der Waals surface area contributed by atoms with E-state index in [1.807, 2.05) is 24.3 Å². The number of hydrogen-bond donors (Lipinski definition) is 1. The summed E-state index contributed by atoms with van der Waals surface area (Å²) in [6, 6.07) is 7.51. The number of rotatable bonds is 10. The second-order valence-electron chi connectivity index (χ2n) is 6.01. The van der Waals surface area contributed by atoms with Gasteiger partial charge >= 0.3 is 17.9 Å². The molecule has 0 aliphatic carbocycles. The maximum atomic E-state index is 11.7. The van der Waals surface area contributed by atoms with Gasteiger partial charge in [0.15, 0.2) is 0 Å². The smallest absolute Gasteiger partial charge is 0.377 e. The van der Waals surface area contributed by atoms with Gasteiger partial charge in [-0.2, -0.15) is 0 Å². The van der Waals surface area contributed by atoms with Crippen LogP contribution in [-0.4, -0.2) is 29.6 Å². The van der Waals surface area contributed by atoms with Gasteiger partial charge in [0.25, 0.3) is 0 Å². The molecular weight excluding hydrogens is 336 g/mol. The fraction of sp³-hybridized carbons (Fsp3) is 0.400. The standard InChI is InChI=1S/C20H26O6/c1-6-9-16-10-7-8-11-17(16)24-13-12-20(23,25-18(21)14(2)3)26-19(22)15(4)5/h7-8,10-11,23H,2,4,6,9,12-13H2,1,3,5H3. The van der Waals surface area contributed by atoms with Gasteiger partial charge in [0.05, 0.1) is 13.0 Å². The Hall–Kier alpha value is -2.60. The summed E-state index contributed by atoms with van der Waals surface area (Å²) in [7, 11) is 0. The van der Waals surface area contributed by atoms with E-state index in [0.717, 1.165) is 18.4 Å². The molecule has 0 radical (unpaired) electrons. The number of aryl methyl sites for hydroxylation is 1. The molecule has 0 fully saturated rings. The third-order valence-electron chi connectivity index (χ3n) is 3.37. The van der Waals surface area contributed by atoms with Crippen LogP contribution in [0.3, 0.4) is 0 Å². The van der Waals surface area contributed by atoms with Crippen LogP contribution >= 0.6 is 0 Å².